The smallest absolute Gasteiger partial charge is 0.149 e. The second-order valence-corrected chi connectivity index (χ2v) is 2.93. The summed E-state index contributed by atoms with van der Waals surface area (Å²) >= 11 is 0. The molecule has 4 heteroatoms. The van der Waals surface area contributed by atoms with Crippen LogP contribution >= 0.6 is 0 Å². The molecule has 1 aromatic heterocycles. The van der Waals surface area contributed by atoms with Crippen LogP contribution in [0, 0.1) is 0 Å². The Morgan fingerprint density at radius 2 is 2.17 bits per heavy atom. The summed E-state index contributed by atoms with van der Waals surface area (Å²) in [5, 5.41) is 0. The van der Waals surface area contributed by atoms with E-state index >= 15 is 0 Å². The zero-order chi connectivity index (χ0) is 9.14. The van der Waals surface area contributed by atoms with E-state index in [0.29, 0.717) is 11.7 Å². The molecular formula is C8H14N4. The molecule has 1 rings (SSSR count). The van der Waals surface area contributed by atoms with Crippen molar-refractivity contribution >= 4 is 11.9 Å². The van der Waals surface area contributed by atoms with Crippen LogP contribution < -0.4 is 11.5 Å². The molecule has 0 atom stereocenters. The highest BCUT2D eigenvalue weighted by Crippen LogP contribution is 2.15. The maximum Gasteiger partial charge on any atom is 0.149 e. The van der Waals surface area contributed by atoms with Gasteiger partial charge in [-0.2, -0.15) is 0 Å². The summed E-state index contributed by atoms with van der Waals surface area (Å²) in [6.45, 7) is 4.10. The number of imidazole rings is 1. The molecule has 4 nitrogen and oxygen atoms in total. The molecule has 0 amide bonds. The molecule has 0 aliphatic carbocycles. The fraction of sp³-hybridized carbons (Fsp3) is 0.375. The van der Waals surface area contributed by atoms with Crippen LogP contribution in [0.15, 0.2) is 6.20 Å². The van der Waals surface area contributed by atoms with Crippen LogP contribution in [0.25, 0.3) is 6.08 Å². The van der Waals surface area contributed by atoms with E-state index in [1.54, 1.807) is 6.08 Å². The summed E-state index contributed by atoms with van der Waals surface area (Å²) in [7, 11) is 0. The Balaban J connectivity index is 3.00. The molecule has 1 aromatic rings. The van der Waals surface area contributed by atoms with E-state index in [1.807, 2.05) is 13.8 Å². The van der Waals surface area contributed by atoms with Crippen LogP contribution in [0.5, 0.6) is 0 Å². The molecule has 0 saturated carbocycles. The predicted octanol–water partition coefficient (Wildman–Crippen LogP) is 1.04. The summed E-state index contributed by atoms with van der Waals surface area (Å²) in [6.07, 6.45) is 3.14. The van der Waals surface area contributed by atoms with Gasteiger partial charge in [0.15, 0.2) is 0 Å². The molecule has 0 aromatic carbocycles. The molecular weight excluding hydrogens is 152 g/mol. The first-order valence-electron chi connectivity index (χ1n) is 3.88. The molecule has 0 aliphatic rings. The Morgan fingerprint density at radius 1 is 1.50 bits per heavy atom. The number of anilines is 1. The number of H-pyrrole nitrogens is 1. The molecule has 12 heavy (non-hydrogen) atoms. The Labute approximate surface area is 71.7 Å². The number of aromatic nitrogens is 2. The van der Waals surface area contributed by atoms with Crippen LogP contribution in [0.1, 0.15) is 31.3 Å². The number of hydrogen-bond donors (Lipinski definition) is 3. The fourth-order valence-corrected chi connectivity index (χ4v) is 0.917. The molecule has 0 unspecified atom stereocenters. The summed E-state index contributed by atoms with van der Waals surface area (Å²) in [6, 6.07) is 0. The second kappa shape index (κ2) is 3.30. The zero-order valence-electron chi connectivity index (χ0n) is 7.33. The maximum atomic E-state index is 5.62. The van der Waals surface area contributed by atoms with Gasteiger partial charge in [-0.05, 0) is 12.3 Å². The summed E-state index contributed by atoms with van der Waals surface area (Å²) in [5.41, 5.74) is 11.6. The number of nitrogens with two attached hydrogens (primary N) is 2. The Hall–Kier alpha value is -1.45. The molecule has 0 spiro atoms. The van der Waals surface area contributed by atoms with Gasteiger partial charge in [0.25, 0.3) is 0 Å². The maximum absolute atomic E-state index is 5.62. The summed E-state index contributed by atoms with van der Waals surface area (Å²) < 4.78 is 0. The van der Waals surface area contributed by atoms with Crippen molar-refractivity contribution in [1.82, 2.24) is 9.97 Å². The fourth-order valence-electron chi connectivity index (χ4n) is 0.917. The minimum atomic E-state index is 0.354. The number of nitrogen functional groups attached to an aromatic ring is 1. The topological polar surface area (TPSA) is 80.7 Å². The van der Waals surface area contributed by atoms with Gasteiger partial charge in [0.2, 0.25) is 0 Å². The lowest BCUT2D eigenvalue weighted by molar-refractivity contribution is 0.794. The number of rotatable bonds is 2. The third kappa shape index (κ3) is 1.58. The van der Waals surface area contributed by atoms with E-state index < -0.39 is 0 Å². The van der Waals surface area contributed by atoms with Crippen molar-refractivity contribution in [3.8, 4) is 0 Å². The Kier molecular flexibility index (Phi) is 2.38. The van der Waals surface area contributed by atoms with Gasteiger partial charge in [0, 0.05) is 5.92 Å². The van der Waals surface area contributed by atoms with Crippen molar-refractivity contribution in [2.75, 3.05) is 5.73 Å². The molecule has 0 aliphatic heterocycles. The minimum absolute atomic E-state index is 0.354. The standard InChI is InChI=1S/C8H14N4/c1-5(2)8-11-6(3-4-9)7(10)12-8/h3-5H,9-10H2,1-2H3,(H,11,12)/b4-3-. The van der Waals surface area contributed by atoms with Crippen LogP contribution in [-0.4, -0.2) is 9.97 Å². The van der Waals surface area contributed by atoms with Gasteiger partial charge in [-0.1, -0.05) is 13.8 Å². The average molecular weight is 166 g/mol. The highest BCUT2D eigenvalue weighted by atomic mass is 15.0. The molecule has 1 heterocycles. The van der Waals surface area contributed by atoms with Crippen LogP contribution in [0.3, 0.4) is 0 Å². The van der Waals surface area contributed by atoms with Gasteiger partial charge < -0.3 is 16.5 Å². The largest absolute Gasteiger partial charge is 0.405 e. The third-order valence-electron chi connectivity index (χ3n) is 1.59. The Bertz CT molecular complexity index is 285. The van der Waals surface area contributed by atoms with Crippen molar-refractivity contribution in [1.29, 1.82) is 0 Å². The van der Waals surface area contributed by atoms with Crippen LogP contribution in [0.2, 0.25) is 0 Å². The monoisotopic (exact) mass is 166 g/mol. The number of nitrogens with zero attached hydrogens (tertiary/aromatic N) is 1. The molecule has 5 N–H and O–H groups in total. The van der Waals surface area contributed by atoms with Gasteiger partial charge in [-0.3, -0.25) is 0 Å². The molecule has 66 valence electrons. The second-order valence-electron chi connectivity index (χ2n) is 2.93. The predicted molar refractivity (Wildman–Crippen MR) is 50.3 cm³/mol. The van der Waals surface area contributed by atoms with Gasteiger partial charge >= 0.3 is 0 Å². The van der Waals surface area contributed by atoms with E-state index in [2.05, 4.69) is 9.97 Å². The highest BCUT2D eigenvalue weighted by molar-refractivity contribution is 5.57. The lowest BCUT2D eigenvalue weighted by atomic mass is 10.2. The number of aromatic amines is 1. The van der Waals surface area contributed by atoms with Crippen molar-refractivity contribution in [3.05, 3.63) is 17.7 Å². The van der Waals surface area contributed by atoms with E-state index in [0.717, 1.165) is 11.5 Å². The van der Waals surface area contributed by atoms with Gasteiger partial charge in [-0.15, -0.1) is 0 Å². The average Bonchev–Trinajstić information content (AvgIpc) is 2.34. The number of nitrogens with one attached hydrogen (secondary N) is 1. The first-order chi connectivity index (χ1) is 5.65. The summed E-state index contributed by atoms with van der Waals surface area (Å²) in [5.74, 6) is 1.74. The quantitative estimate of drug-likeness (QED) is 0.614. The van der Waals surface area contributed by atoms with Crippen molar-refractivity contribution in [2.45, 2.75) is 19.8 Å². The number of hydrogen-bond acceptors (Lipinski definition) is 3. The van der Waals surface area contributed by atoms with E-state index in [9.17, 15) is 0 Å². The van der Waals surface area contributed by atoms with E-state index in [-0.39, 0.29) is 0 Å². The highest BCUT2D eigenvalue weighted by Gasteiger charge is 2.06. The van der Waals surface area contributed by atoms with Crippen molar-refractivity contribution in [2.24, 2.45) is 5.73 Å². The normalized spacial score (nSPS) is 11.6. The van der Waals surface area contributed by atoms with Gasteiger partial charge in [0.05, 0.1) is 5.69 Å². The SMILES string of the molecule is CC(C)c1nc(N)c(/C=C\N)[nH]1. The summed E-state index contributed by atoms with van der Waals surface area (Å²) in [4.78, 5) is 7.22. The van der Waals surface area contributed by atoms with Crippen molar-refractivity contribution < 1.29 is 0 Å². The zero-order valence-corrected chi connectivity index (χ0v) is 7.33. The lowest BCUT2D eigenvalue weighted by Gasteiger charge is -1.95. The van der Waals surface area contributed by atoms with Gasteiger partial charge in [-0.25, -0.2) is 4.98 Å². The van der Waals surface area contributed by atoms with E-state index in [4.69, 9.17) is 11.5 Å². The lowest BCUT2D eigenvalue weighted by Crippen LogP contribution is -1.90. The molecule has 0 radical (unpaired) electrons. The van der Waals surface area contributed by atoms with Gasteiger partial charge in [0.1, 0.15) is 11.6 Å². The third-order valence-corrected chi connectivity index (χ3v) is 1.59. The molecule has 0 fully saturated rings. The van der Waals surface area contributed by atoms with Crippen LogP contribution in [0.4, 0.5) is 5.82 Å². The van der Waals surface area contributed by atoms with Crippen molar-refractivity contribution in [3.63, 3.8) is 0 Å². The minimum Gasteiger partial charge on any atom is -0.405 e. The van der Waals surface area contributed by atoms with Crippen LogP contribution in [-0.2, 0) is 0 Å². The Morgan fingerprint density at radius 3 is 2.58 bits per heavy atom. The first kappa shape index (κ1) is 8.64. The molecule has 0 saturated heterocycles. The first-order valence-corrected chi connectivity index (χ1v) is 3.88. The van der Waals surface area contributed by atoms with E-state index in [1.165, 1.54) is 6.20 Å². The molecule has 0 bridgehead atoms.